The zero-order valence-electron chi connectivity index (χ0n) is 8.52. The lowest BCUT2D eigenvalue weighted by atomic mass is 10.3. The highest BCUT2D eigenvalue weighted by molar-refractivity contribution is 9.09. The number of hydrogen-bond donors (Lipinski definition) is 0. The van der Waals surface area contributed by atoms with Crippen molar-refractivity contribution in [3.8, 4) is 0 Å². The number of para-hydroxylation sites is 2. The number of anilines is 1. The molecule has 1 aromatic carbocycles. The molecule has 0 N–H and O–H groups in total. The second-order valence-corrected chi connectivity index (χ2v) is 4.12. The molecule has 2 aromatic rings. The van der Waals surface area contributed by atoms with Gasteiger partial charge in [0.05, 0.1) is 17.2 Å². The smallest absolute Gasteiger partial charge is 0.147 e. The van der Waals surface area contributed by atoms with Crippen LogP contribution in [0.4, 0.5) is 5.82 Å². The van der Waals surface area contributed by atoms with E-state index < -0.39 is 0 Å². The van der Waals surface area contributed by atoms with E-state index in [4.69, 9.17) is 0 Å². The number of halogens is 1. The van der Waals surface area contributed by atoms with Crippen LogP contribution < -0.4 is 4.90 Å². The van der Waals surface area contributed by atoms with E-state index in [0.717, 1.165) is 28.7 Å². The van der Waals surface area contributed by atoms with Gasteiger partial charge in [-0.25, -0.2) is 4.98 Å². The SMILES string of the molecule is CN(CCBr)c1cnc2ccccc2n1. The summed E-state index contributed by atoms with van der Waals surface area (Å²) in [6, 6.07) is 7.90. The summed E-state index contributed by atoms with van der Waals surface area (Å²) in [5.41, 5.74) is 1.88. The maximum Gasteiger partial charge on any atom is 0.147 e. The topological polar surface area (TPSA) is 29.0 Å². The molecule has 0 aliphatic rings. The Morgan fingerprint density at radius 1 is 1.27 bits per heavy atom. The maximum atomic E-state index is 4.54. The Bertz CT molecular complexity index is 458. The largest absolute Gasteiger partial charge is 0.358 e. The van der Waals surface area contributed by atoms with Crippen LogP contribution in [-0.4, -0.2) is 28.9 Å². The van der Waals surface area contributed by atoms with Crippen LogP contribution in [0.25, 0.3) is 11.0 Å². The minimum Gasteiger partial charge on any atom is -0.358 e. The van der Waals surface area contributed by atoms with E-state index in [9.17, 15) is 0 Å². The quantitative estimate of drug-likeness (QED) is 0.799. The van der Waals surface area contributed by atoms with Crippen molar-refractivity contribution < 1.29 is 0 Å². The standard InChI is InChI=1S/C11H12BrN3/c1-15(7-6-12)11-8-13-9-4-2-3-5-10(9)14-11/h2-5,8H,6-7H2,1H3. The Labute approximate surface area is 97.3 Å². The predicted octanol–water partition coefficient (Wildman–Crippen LogP) is 2.46. The summed E-state index contributed by atoms with van der Waals surface area (Å²) < 4.78 is 0. The molecule has 2 rings (SSSR count). The summed E-state index contributed by atoms with van der Waals surface area (Å²) >= 11 is 3.41. The molecule has 0 saturated heterocycles. The lowest BCUT2D eigenvalue weighted by Crippen LogP contribution is -2.20. The first-order chi connectivity index (χ1) is 7.31. The number of rotatable bonds is 3. The molecule has 15 heavy (non-hydrogen) atoms. The van der Waals surface area contributed by atoms with Crippen molar-refractivity contribution in [2.24, 2.45) is 0 Å². The second-order valence-electron chi connectivity index (χ2n) is 3.33. The van der Waals surface area contributed by atoms with Gasteiger partial charge in [-0.05, 0) is 12.1 Å². The molecule has 4 heteroatoms. The van der Waals surface area contributed by atoms with E-state index in [2.05, 4.69) is 30.8 Å². The van der Waals surface area contributed by atoms with Crippen LogP contribution in [0.2, 0.25) is 0 Å². The van der Waals surface area contributed by atoms with Gasteiger partial charge >= 0.3 is 0 Å². The lowest BCUT2D eigenvalue weighted by molar-refractivity contribution is 0.949. The van der Waals surface area contributed by atoms with E-state index in [1.165, 1.54) is 0 Å². The maximum absolute atomic E-state index is 4.54. The zero-order valence-corrected chi connectivity index (χ0v) is 10.1. The number of aromatic nitrogens is 2. The van der Waals surface area contributed by atoms with Crippen LogP contribution in [0, 0.1) is 0 Å². The minimum atomic E-state index is 0.910. The Hall–Kier alpha value is -1.16. The van der Waals surface area contributed by atoms with E-state index in [-0.39, 0.29) is 0 Å². The fraction of sp³-hybridized carbons (Fsp3) is 0.273. The fourth-order valence-corrected chi connectivity index (χ4v) is 1.90. The van der Waals surface area contributed by atoms with Gasteiger partial charge in [-0.2, -0.15) is 0 Å². The van der Waals surface area contributed by atoms with E-state index >= 15 is 0 Å². The molecule has 0 atom stereocenters. The molecule has 1 aromatic heterocycles. The average molecular weight is 266 g/mol. The molecule has 0 saturated carbocycles. The number of hydrogen-bond acceptors (Lipinski definition) is 3. The normalized spacial score (nSPS) is 10.5. The van der Waals surface area contributed by atoms with Crippen molar-refractivity contribution in [1.29, 1.82) is 0 Å². The molecule has 0 aliphatic heterocycles. The first kappa shape index (κ1) is 10.4. The summed E-state index contributed by atoms with van der Waals surface area (Å²) in [5, 5.41) is 0.929. The minimum absolute atomic E-state index is 0.910. The molecule has 1 heterocycles. The summed E-state index contributed by atoms with van der Waals surface area (Å²) in [6.07, 6.45) is 1.81. The van der Waals surface area contributed by atoms with Gasteiger partial charge in [0.2, 0.25) is 0 Å². The molecule has 0 fully saturated rings. The molecule has 0 spiro atoms. The van der Waals surface area contributed by atoms with Crippen LogP contribution in [0.5, 0.6) is 0 Å². The zero-order chi connectivity index (χ0) is 10.7. The van der Waals surface area contributed by atoms with Crippen LogP contribution in [0.1, 0.15) is 0 Å². The number of fused-ring (bicyclic) bond motifs is 1. The predicted molar refractivity (Wildman–Crippen MR) is 66.6 cm³/mol. The highest BCUT2D eigenvalue weighted by Gasteiger charge is 2.03. The van der Waals surface area contributed by atoms with Crippen molar-refractivity contribution in [1.82, 2.24) is 9.97 Å². The number of alkyl halides is 1. The molecule has 0 unspecified atom stereocenters. The van der Waals surface area contributed by atoms with Gasteiger partial charge in [-0.1, -0.05) is 28.1 Å². The van der Waals surface area contributed by atoms with Crippen molar-refractivity contribution in [2.45, 2.75) is 0 Å². The van der Waals surface area contributed by atoms with Crippen LogP contribution in [0.3, 0.4) is 0 Å². The summed E-state index contributed by atoms with van der Waals surface area (Å²) in [7, 11) is 2.01. The van der Waals surface area contributed by atoms with Gasteiger partial charge in [-0.3, -0.25) is 4.98 Å². The molecule has 78 valence electrons. The van der Waals surface area contributed by atoms with Crippen molar-refractivity contribution in [2.75, 3.05) is 23.8 Å². The third kappa shape index (κ3) is 2.26. The van der Waals surface area contributed by atoms with E-state index in [0.29, 0.717) is 0 Å². The first-order valence-corrected chi connectivity index (χ1v) is 5.92. The van der Waals surface area contributed by atoms with Gasteiger partial charge in [-0.15, -0.1) is 0 Å². The molecule has 0 bridgehead atoms. The third-order valence-corrected chi connectivity index (χ3v) is 2.60. The van der Waals surface area contributed by atoms with Crippen molar-refractivity contribution >= 4 is 32.8 Å². The van der Waals surface area contributed by atoms with E-state index in [1.807, 2.05) is 37.5 Å². The van der Waals surface area contributed by atoms with Gasteiger partial charge in [0.25, 0.3) is 0 Å². The van der Waals surface area contributed by atoms with Crippen LogP contribution in [0.15, 0.2) is 30.5 Å². The number of nitrogens with zero attached hydrogens (tertiary/aromatic N) is 3. The molecule has 3 nitrogen and oxygen atoms in total. The molecule has 0 radical (unpaired) electrons. The third-order valence-electron chi connectivity index (χ3n) is 2.25. The molecule has 0 amide bonds. The van der Waals surface area contributed by atoms with Gasteiger partial charge in [0.1, 0.15) is 5.82 Å². The highest BCUT2D eigenvalue weighted by Crippen LogP contribution is 2.13. The Kier molecular flexibility index (Phi) is 3.16. The van der Waals surface area contributed by atoms with Crippen LogP contribution in [-0.2, 0) is 0 Å². The monoisotopic (exact) mass is 265 g/mol. The highest BCUT2D eigenvalue weighted by atomic mass is 79.9. The van der Waals surface area contributed by atoms with Gasteiger partial charge in [0.15, 0.2) is 0 Å². The Balaban J connectivity index is 2.38. The summed E-state index contributed by atoms with van der Waals surface area (Å²) in [5.74, 6) is 0.910. The fourth-order valence-electron chi connectivity index (χ4n) is 1.37. The second kappa shape index (κ2) is 4.57. The Morgan fingerprint density at radius 3 is 2.73 bits per heavy atom. The van der Waals surface area contributed by atoms with Crippen LogP contribution >= 0.6 is 15.9 Å². The van der Waals surface area contributed by atoms with Gasteiger partial charge < -0.3 is 4.90 Å². The Morgan fingerprint density at radius 2 is 2.00 bits per heavy atom. The van der Waals surface area contributed by atoms with Gasteiger partial charge in [0, 0.05) is 18.9 Å². The first-order valence-electron chi connectivity index (χ1n) is 4.80. The molecular weight excluding hydrogens is 254 g/mol. The summed E-state index contributed by atoms with van der Waals surface area (Å²) in [4.78, 5) is 11.0. The molecule has 0 aliphatic carbocycles. The average Bonchev–Trinajstić information content (AvgIpc) is 2.29. The molecular formula is C11H12BrN3. The summed E-state index contributed by atoms with van der Waals surface area (Å²) in [6.45, 7) is 0.924. The van der Waals surface area contributed by atoms with Crippen molar-refractivity contribution in [3.05, 3.63) is 30.5 Å². The lowest BCUT2D eigenvalue weighted by Gasteiger charge is -2.16. The van der Waals surface area contributed by atoms with Crippen molar-refractivity contribution in [3.63, 3.8) is 0 Å². The number of benzene rings is 1. The van der Waals surface area contributed by atoms with E-state index in [1.54, 1.807) is 0 Å².